The van der Waals surface area contributed by atoms with Crippen molar-refractivity contribution in [3.05, 3.63) is 85.1 Å². The third-order valence-electron chi connectivity index (χ3n) is 6.08. The van der Waals surface area contributed by atoms with E-state index >= 15 is 0 Å². The van der Waals surface area contributed by atoms with Gasteiger partial charge in [0, 0.05) is 37.1 Å². The van der Waals surface area contributed by atoms with Crippen LogP contribution in [0.3, 0.4) is 0 Å². The number of rotatable bonds is 6. The Hall–Kier alpha value is -3.18. The maximum atomic E-state index is 6.23. The normalized spacial score (nSPS) is 16.0. The molecular weight excluding hydrogens is 384 g/mol. The molecule has 0 N–H and O–H groups in total. The predicted molar refractivity (Wildman–Crippen MR) is 128 cm³/mol. The van der Waals surface area contributed by atoms with Gasteiger partial charge in [0.05, 0.1) is 11.1 Å². The molecule has 0 bridgehead atoms. The Morgan fingerprint density at radius 2 is 1.77 bits per heavy atom. The summed E-state index contributed by atoms with van der Waals surface area (Å²) in [6, 6.07) is 12.3. The van der Waals surface area contributed by atoms with Crippen LogP contribution < -0.4 is 4.90 Å². The van der Waals surface area contributed by atoms with Gasteiger partial charge in [-0.3, -0.25) is 4.90 Å². The standard InChI is InChI=1S/C26H30N4O/c1-6-10-20(7-2)23-13-14-24(31-23)26(4,5)30-17-15-29(16-18-30)25-21-11-8-9-12-22(21)27-19(3)28-25/h6-14H,1-2,15-18H2,3-5H3/b20-10+. The zero-order valence-corrected chi connectivity index (χ0v) is 18.6. The van der Waals surface area contributed by atoms with Crippen LogP contribution in [-0.4, -0.2) is 41.0 Å². The number of hydrogen-bond acceptors (Lipinski definition) is 5. The number of allylic oxidation sites excluding steroid dienone is 4. The number of furan rings is 1. The van der Waals surface area contributed by atoms with E-state index in [1.807, 2.05) is 25.1 Å². The van der Waals surface area contributed by atoms with E-state index in [1.165, 1.54) is 0 Å². The summed E-state index contributed by atoms with van der Waals surface area (Å²) in [6.45, 7) is 17.7. The lowest BCUT2D eigenvalue weighted by atomic mass is 9.98. The average molecular weight is 415 g/mol. The van der Waals surface area contributed by atoms with Gasteiger partial charge in [0.15, 0.2) is 0 Å². The third kappa shape index (κ3) is 4.06. The van der Waals surface area contributed by atoms with E-state index < -0.39 is 0 Å². The molecule has 3 aromatic rings. The molecule has 5 heteroatoms. The lowest BCUT2D eigenvalue weighted by molar-refractivity contribution is 0.0894. The van der Waals surface area contributed by atoms with Crippen molar-refractivity contribution in [3.63, 3.8) is 0 Å². The molecule has 1 saturated heterocycles. The van der Waals surface area contributed by atoms with E-state index in [1.54, 1.807) is 12.2 Å². The molecule has 1 aromatic carbocycles. The molecule has 5 nitrogen and oxygen atoms in total. The number of hydrogen-bond donors (Lipinski definition) is 0. The molecule has 1 fully saturated rings. The van der Waals surface area contributed by atoms with Gasteiger partial charge in [-0.05, 0) is 45.0 Å². The molecule has 0 radical (unpaired) electrons. The first-order chi connectivity index (χ1) is 14.9. The van der Waals surface area contributed by atoms with Gasteiger partial charge in [0.1, 0.15) is 23.2 Å². The van der Waals surface area contributed by atoms with Crippen LogP contribution >= 0.6 is 0 Å². The lowest BCUT2D eigenvalue weighted by Gasteiger charge is -2.43. The fourth-order valence-corrected chi connectivity index (χ4v) is 4.25. The van der Waals surface area contributed by atoms with Crippen LogP contribution in [0.15, 0.2) is 72.2 Å². The van der Waals surface area contributed by atoms with E-state index in [0.29, 0.717) is 0 Å². The van der Waals surface area contributed by atoms with Crippen molar-refractivity contribution in [2.24, 2.45) is 0 Å². The predicted octanol–water partition coefficient (Wildman–Crippen LogP) is 5.34. The monoisotopic (exact) mass is 414 g/mol. The molecule has 160 valence electrons. The van der Waals surface area contributed by atoms with E-state index in [4.69, 9.17) is 9.40 Å². The van der Waals surface area contributed by atoms with Gasteiger partial charge in [-0.2, -0.15) is 0 Å². The van der Waals surface area contributed by atoms with Crippen LogP contribution in [0.1, 0.15) is 31.2 Å². The fourth-order valence-electron chi connectivity index (χ4n) is 4.25. The van der Waals surface area contributed by atoms with Gasteiger partial charge < -0.3 is 9.32 Å². The van der Waals surface area contributed by atoms with Crippen molar-refractivity contribution < 1.29 is 4.42 Å². The van der Waals surface area contributed by atoms with E-state index in [2.05, 4.69) is 66.1 Å². The number of anilines is 1. The molecule has 3 heterocycles. The van der Waals surface area contributed by atoms with Crippen molar-refractivity contribution in [1.82, 2.24) is 14.9 Å². The molecule has 31 heavy (non-hydrogen) atoms. The fraction of sp³-hybridized carbons (Fsp3) is 0.308. The molecule has 0 saturated carbocycles. The van der Waals surface area contributed by atoms with Crippen molar-refractivity contribution >= 4 is 22.3 Å². The number of piperazine rings is 1. The minimum absolute atomic E-state index is 0.214. The molecule has 2 aromatic heterocycles. The Bertz CT molecular complexity index is 1130. The summed E-state index contributed by atoms with van der Waals surface area (Å²) in [5, 5.41) is 1.11. The zero-order chi connectivity index (χ0) is 22.0. The average Bonchev–Trinajstić information content (AvgIpc) is 3.28. The van der Waals surface area contributed by atoms with E-state index in [-0.39, 0.29) is 5.54 Å². The van der Waals surface area contributed by atoms with Crippen molar-refractivity contribution in [2.45, 2.75) is 26.3 Å². The largest absolute Gasteiger partial charge is 0.459 e. The molecule has 1 aliphatic heterocycles. The number of nitrogens with zero attached hydrogens (tertiary/aromatic N) is 4. The lowest BCUT2D eigenvalue weighted by Crippen LogP contribution is -2.53. The Morgan fingerprint density at radius 1 is 1.03 bits per heavy atom. The van der Waals surface area contributed by atoms with Crippen molar-refractivity contribution in [3.8, 4) is 0 Å². The van der Waals surface area contributed by atoms with Gasteiger partial charge in [0.25, 0.3) is 0 Å². The van der Waals surface area contributed by atoms with Crippen LogP contribution in [0, 0.1) is 6.92 Å². The summed E-state index contributed by atoms with van der Waals surface area (Å²) < 4.78 is 6.23. The minimum Gasteiger partial charge on any atom is -0.459 e. The topological polar surface area (TPSA) is 45.4 Å². The first-order valence-corrected chi connectivity index (χ1v) is 10.7. The van der Waals surface area contributed by atoms with Crippen LogP contribution in [0.4, 0.5) is 5.82 Å². The molecular formula is C26H30N4O. The number of fused-ring (bicyclic) bond motifs is 1. The zero-order valence-electron chi connectivity index (χ0n) is 18.6. The SMILES string of the molecule is C=C/C=C(\C=C)c1ccc(C(C)(C)N2CCN(c3nc(C)nc4ccccc34)CC2)o1. The second-order valence-corrected chi connectivity index (χ2v) is 8.37. The highest BCUT2D eigenvalue weighted by molar-refractivity contribution is 5.89. The summed E-state index contributed by atoms with van der Waals surface area (Å²) in [5.41, 5.74) is 1.73. The molecule has 0 atom stereocenters. The molecule has 0 amide bonds. The molecule has 0 spiro atoms. The van der Waals surface area contributed by atoms with Crippen LogP contribution in [0.25, 0.3) is 16.5 Å². The maximum absolute atomic E-state index is 6.23. The Balaban J connectivity index is 1.53. The highest BCUT2D eigenvalue weighted by Gasteiger charge is 2.34. The first-order valence-electron chi connectivity index (χ1n) is 10.7. The quantitative estimate of drug-likeness (QED) is 0.509. The summed E-state index contributed by atoms with van der Waals surface area (Å²) in [7, 11) is 0. The van der Waals surface area contributed by atoms with Crippen molar-refractivity contribution in [2.75, 3.05) is 31.1 Å². The van der Waals surface area contributed by atoms with Crippen LogP contribution in [-0.2, 0) is 5.54 Å². The summed E-state index contributed by atoms with van der Waals surface area (Å²) in [5.74, 6) is 3.62. The Kier molecular flexibility index (Phi) is 5.79. The third-order valence-corrected chi connectivity index (χ3v) is 6.08. The number of aromatic nitrogens is 2. The summed E-state index contributed by atoms with van der Waals surface area (Å²) in [4.78, 5) is 14.2. The molecule has 0 unspecified atom stereocenters. The number of benzene rings is 1. The second-order valence-electron chi connectivity index (χ2n) is 8.37. The van der Waals surface area contributed by atoms with Crippen LogP contribution in [0.2, 0.25) is 0 Å². The Morgan fingerprint density at radius 3 is 2.48 bits per heavy atom. The maximum Gasteiger partial charge on any atom is 0.140 e. The minimum atomic E-state index is -0.214. The second kappa shape index (κ2) is 8.52. The molecule has 1 aliphatic rings. The van der Waals surface area contributed by atoms with Gasteiger partial charge >= 0.3 is 0 Å². The first kappa shape index (κ1) is 21.1. The van der Waals surface area contributed by atoms with Crippen LogP contribution in [0.5, 0.6) is 0 Å². The molecule has 4 rings (SSSR count). The summed E-state index contributed by atoms with van der Waals surface area (Å²) >= 11 is 0. The number of aryl methyl sites for hydroxylation is 1. The molecule has 0 aliphatic carbocycles. The van der Waals surface area contributed by atoms with Gasteiger partial charge in [-0.25, -0.2) is 9.97 Å². The van der Waals surface area contributed by atoms with Gasteiger partial charge in [-0.1, -0.05) is 43.5 Å². The highest BCUT2D eigenvalue weighted by atomic mass is 16.3. The van der Waals surface area contributed by atoms with Gasteiger partial charge in [-0.15, -0.1) is 0 Å². The summed E-state index contributed by atoms with van der Waals surface area (Å²) in [6.07, 6.45) is 5.46. The van der Waals surface area contributed by atoms with E-state index in [0.717, 1.165) is 65.8 Å². The highest BCUT2D eigenvalue weighted by Crippen LogP contribution is 2.33. The Labute approximate surface area is 184 Å². The van der Waals surface area contributed by atoms with Gasteiger partial charge in [0.2, 0.25) is 0 Å². The van der Waals surface area contributed by atoms with Crippen molar-refractivity contribution in [1.29, 1.82) is 0 Å². The smallest absolute Gasteiger partial charge is 0.140 e. The van der Waals surface area contributed by atoms with E-state index in [9.17, 15) is 0 Å². The number of para-hydroxylation sites is 1.